The van der Waals surface area contributed by atoms with E-state index in [9.17, 15) is 34.5 Å². The maximum atomic E-state index is 13.3. The number of aliphatic hydroxyl groups excluding tert-OH is 3. The zero-order chi connectivity index (χ0) is 37.1. The quantitative estimate of drug-likeness (QED) is 0.230. The number of para-hydroxylation sites is 1. The van der Waals surface area contributed by atoms with Gasteiger partial charge in [0.25, 0.3) is 0 Å². The number of aliphatic hydroxyl groups is 3. The number of nitrogens with zero attached hydrogens (tertiary/aromatic N) is 1. The summed E-state index contributed by atoms with van der Waals surface area (Å²) >= 11 is 0. The highest BCUT2D eigenvalue weighted by Crippen LogP contribution is 2.32. The Kier molecular flexibility index (Phi) is 15.8. The number of esters is 1. The van der Waals surface area contributed by atoms with Gasteiger partial charge in [0.1, 0.15) is 25.1 Å². The number of ketones is 1. The van der Waals surface area contributed by atoms with Gasteiger partial charge in [-0.05, 0) is 59.0 Å². The zero-order valence-corrected chi connectivity index (χ0v) is 30.0. The van der Waals surface area contributed by atoms with Crippen LogP contribution in [0.3, 0.4) is 0 Å². The van der Waals surface area contributed by atoms with E-state index in [0.29, 0.717) is 24.0 Å². The van der Waals surface area contributed by atoms with E-state index in [2.05, 4.69) is 5.32 Å². The van der Waals surface area contributed by atoms with E-state index < -0.39 is 91.1 Å². The zero-order valence-electron chi connectivity index (χ0n) is 30.0. The van der Waals surface area contributed by atoms with Crippen LogP contribution in [0.2, 0.25) is 0 Å². The molecule has 13 heteroatoms. The standard InChI is InChI=1S/C37H54N2O11/c1-8-30-26(20-47-37(46)38-27-12-10-9-11-13-27)16-21(2)14-15-28(41)22(3)17-25(19-40)35(23(4)29(42)18-31(43)49-30)50-36-34(45)32(39(6)7)33(44)24(5)48-36/h9-16,19,22-26,29-30,32-36,42,44-45H,8,17-18,20H2,1-7H3,(H,38,46)/b15-14-,21-16+/t22-,23+,24-,25?,26-,29-,30-,32+,33-,34-,35-,36+/m1/s1. The highest BCUT2D eigenvalue weighted by molar-refractivity contribution is 5.92. The number of allylic oxidation sites excluding steroid dienone is 3. The number of anilines is 1. The van der Waals surface area contributed by atoms with Crippen molar-refractivity contribution in [3.63, 3.8) is 0 Å². The van der Waals surface area contributed by atoms with E-state index >= 15 is 0 Å². The van der Waals surface area contributed by atoms with Crippen LogP contribution in [-0.2, 0) is 33.3 Å². The fraction of sp³-hybridized carbons (Fsp3) is 0.622. The number of hydrogen-bond acceptors (Lipinski definition) is 12. The third-order valence-corrected chi connectivity index (χ3v) is 9.48. The first-order valence-electron chi connectivity index (χ1n) is 17.2. The normalized spacial score (nSPS) is 36.5. The summed E-state index contributed by atoms with van der Waals surface area (Å²) in [6.45, 7) is 8.36. The molecule has 1 unspecified atom stereocenters. The summed E-state index contributed by atoms with van der Waals surface area (Å²) in [5, 5.41) is 35.9. The molecule has 1 aromatic rings. The number of benzene rings is 1. The molecule has 2 aliphatic rings. The predicted molar refractivity (Wildman–Crippen MR) is 185 cm³/mol. The van der Waals surface area contributed by atoms with Crippen molar-refractivity contribution in [2.24, 2.45) is 23.7 Å². The number of carbonyl (C=O) groups excluding carboxylic acids is 4. The molecule has 0 aliphatic carbocycles. The number of amides is 1. The minimum Gasteiger partial charge on any atom is -0.462 e. The molecule has 0 saturated carbocycles. The second kappa shape index (κ2) is 19.2. The van der Waals surface area contributed by atoms with Gasteiger partial charge in [0.15, 0.2) is 12.1 Å². The first-order valence-corrected chi connectivity index (χ1v) is 17.2. The Labute approximate surface area is 294 Å². The van der Waals surface area contributed by atoms with E-state index in [0.717, 1.165) is 0 Å². The summed E-state index contributed by atoms with van der Waals surface area (Å²) in [5.74, 6) is -4.01. The van der Waals surface area contributed by atoms with Crippen LogP contribution in [0.15, 0.2) is 54.1 Å². The van der Waals surface area contributed by atoms with E-state index in [1.165, 1.54) is 6.08 Å². The molecule has 50 heavy (non-hydrogen) atoms. The fourth-order valence-electron chi connectivity index (χ4n) is 6.45. The number of likely N-dealkylation sites (N-methyl/N-ethyl adjacent to an activating group) is 1. The lowest BCUT2D eigenvalue weighted by molar-refractivity contribution is -0.302. The topological polar surface area (TPSA) is 181 Å². The van der Waals surface area contributed by atoms with Crippen molar-refractivity contribution < 1.29 is 53.4 Å². The van der Waals surface area contributed by atoms with Crippen LogP contribution in [0.4, 0.5) is 10.5 Å². The SMILES string of the molecule is CC[C@H]1OC(=O)C[C@@H](O)[C@H](C)[C@@H](O[C@@H]2O[C@H](C)[C@@H](O)[C@H](N(C)C)[C@H]2O)C(C=O)C[C@@H](C)C(=O)/C=C\C(C)=C\[C@@H]1COC(=O)Nc1ccccc1. The number of nitrogens with one attached hydrogen (secondary N) is 1. The Hall–Kier alpha value is -3.46. The summed E-state index contributed by atoms with van der Waals surface area (Å²) in [6, 6.07) is 8.03. The van der Waals surface area contributed by atoms with Gasteiger partial charge in [-0.1, -0.05) is 56.7 Å². The first kappa shape index (κ1) is 41.0. The Morgan fingerprint density at radius 2 is 1.74 bits per heavy atom. The van der Waals surface area contributed by atoms with Crippen LogP contribution in [0.1, 0.15) is 53.9 Å². The van der Waals surface area contributed by atoms with Crippen LogP contribution in [0, 0.1) is 23.7 Å². The Morgan fingerprint density at radius 1 is 1.06 bits per heavy atom. The minimum absolute atomic E-state index is 0.0462. The molecule has 1 fully saturated rings. The lowest BCUT2D eigenvalue weighted by atomic mass is 9.81. The Morgan fingerprint density at radius 3 is 2.36 bits per heavy atom. The third kappa shape index (κ3) is 11.3. The van der Waals surface area contributed by atoms with Crippen LogP contribution in [0.5, 0.6) is 0 Å². The molecule has 4 N–H and O–H groups in total. The molecular weight excluding hydrogens is 648 g/mol. The number of cyclic esters (lactones) is 1. The van der Waals surface area contributed by atoms with Gasteiger partial charge in [-0.3, -0.25) is 14.9 Å². The van der Waals surface area contributed by atoms with Crippen molar-refractivity contribution in [2.45, 2.75) is 103 Å². The number of hydrogen-bond donors (Lipinski definition) is 4. The van der Waals surface area contributed by atoms with Crippen LogP contribution in [0.25, 0.3) is 0 Å². The van der Waals surface area contributed by atoms with Gasteiger partial charge in [-0.2, -0.15) is 0 Å². The maximum Gasteiger partial charge on any atom is 0.411 e. The molecule has 1 aromatic carbocycles. The molecule has 0 spiro atoms. The Balaban J connectivity index is 1.91. The van der Waals surface area contributed by atoms with Crippen molar-refractivity contribution in [3.05, 3.63) is 54.1 Å². The highest BCUT2D eigenvalue weighted by atomic mass is 16.7. The summed E-state index contributed by atoms with van der Waals surface area (Å²) in [5.41, 5.74) is 1.20. The van der Waals surface area contributed by atoms with E-state index in [4.69, 9.17) is 18.9 Å². The number of rotatable bonds is 8. The summed E-state index contributed by atoms with van der Waals surface area (Å²) in [7, 11) is 3.39. The van der Waals surface area contributed by atoms with Crippen molar-refractivity contribution in [3.8, 4) is 0 Å². The van der Waals surface area contributed by atoms with Gasteiger partial charge in [-0.15, -0.1) is 0 Å². The van der Waals surface area contributed by atoms with Crippen molar-refractivity contribution in [1.29, 1.82) is 0 Å². The average Bonchev–Trinajstić information content (AvgIpc) is 3.07. The molecule has 3 rings (SSSR count). The number of aldehydes is 1. The molecule has 278 valence electrons. The second-order valence-electron chi connectivity index (χ2n) is 13.6. The summed E-state index contributed by atoms with van der Waals surface area (Å²) in [6.07, 6.45) is -2.89. The van der Waals surface area contributed by atoms with Gasteiger partial charge in [0.2, 0.25) is 0 Å². The molecule has 1 saturated heterocycles. The fourth-order valence-corrected chi connectivity index (χ4v) is 6.45. The lowest BCUT2D eigenvalue weighted by Gasteiger charge is -2.46. The lowest BCUT2D eigenvalue weighted by Crippen LogP contribution is -2.63. The maximum absolute atomic E-state index is 13.3. The molecule has 2 aliphatic heterocycles. The van der Waals surface area contributed by atoms with Crippen LogP contribution >= 0.6 is 0 Å². The van der Waals surface area contributed by atoms with Crippen molar-refractivity contribution >= 4 is 29.8 Å². The van der Waals surface area contributed by atoms with Gasteiger partial charge in [0, 0.05) is 29.4 Å². The Bertz CT molecular complexity index is 1340. The largest absolute Gasteiger partial charge is 0.462 e. The molecule has 12 atom stereocenters. The van der Waals surface area contributed by atoms with Crippen LogP contribution < -0.4 is 5.32 Å². The van der Waals surface area contributed by atoms with Gasteiger partial charge in [0.05, 0.1) is 36.9 Å². The first-order chi connectivity index (χ1) is 23.7. The number of ether oxygens (including phenoxy) is 4. The van der Waals surface area contributed by atoms with E-state index in [1.807, 2.05) is 13.0 Å². The molecule has 1 amide bonds. The minimum atomic E-state index is -1.36. The van der Waals surface area contributed by atoms with Crippen molar-refractivity contribution in [1.82, 2.24) is 4.90 Å². The van der Waals surface area contributed by atoms with Crippen molar-refractivity contribution in [2.75, 3.05) is 26.0 Å². The van der Waals surface area contributed by atoms with Gasteiger partial charge >= 0.3 is 12.1 Å². The third-order valence-electron chi connectivity index (χ3n) is 9.48. The van der Waals surface area contributed by atoms with Gasteiger partial charge in [-0.25, -0.2) is 4.79 Å². The molecule has 0 aromatic heterocycles. The molecule has 13 nitrogen and oxygen atoms in total. The van der Waals surface area contributed by atoms with Gasteiger partial charge < -0.3 is 44.0 Å². The number of carbonyl (C=O) groups is 4. The average molecular weight is 703 g/mol. The molecule has 2 heterocycles. The highest BCUT2D eigenvalue weighted by Gasteiger charge is 2.47. The van der Waals surface area contributed by atoms with Crippen LogP contribution in [-0.4, -0.2) is 114 Å². The second-order valence-corrected chi connectivity index (χ2v) is 13.6. The monoisotopic (exact) mass is 702 g/mol. The molecule has 0 bridgehead atoms. The summed E-state index contributed by atoms with van der Waals surface area (Å²) in [4.78, 5) is 53.4. The molecular formula is C37H54N2O11. The summed E-state index contributed by atoms with van der Waals surface area (Å²) < 4.78 is 23.5. The van der Waals surface area contributed by atoms with E-state index in [-0.39, 0.29) is 18.8 Å². The van der Waals surface area contributed by atoms with E-state index in [1.54, 1.807) is 83.1 Å². The predicted octanol–water partition coefficient (Wildman–Crippen LogP) is 3.27. The smallest absolute Gasteiger partial charge is 0.411 e. The molecule has 0 radical (unpaired) electrons.